The van der Waals surface area contributed by atoms with Gasteiger partial charge in [-0.1, -0.05) is 24.3 Å². The van der Waals surface area contributed by atoms with Gasteiger partial charge in [-0.3, -0.25) is 14.3 Å². The van der Waals surface area contributed by atoms with Crippen molar-refractivity contribution in [3.63, 3.8) is 0 Å². The zero-order valence-corrected chi connectivity index (χ0v) is 23.8. The van der Waals surface area contributed by atoms with E-state index in [1.54, 1.807) is 0 Å². The Morgan fingerprint density at radius 3 is 2.63 bits per heavy atom. The van der Waals surface area contributed by atoms with Crippen LogP contribution in [0.4, 0.5) is 0 Å². The Kier molecular flexibility index (Phi) is 6.98. The van der Waals surface area contributed by atoms with Crippen LogP contribution in [0, 0.1) is 0 Å². The highest BCUT2D eigenvalue weighted by Gasteiger charge is 2.25. The van der Waals surface area contributed by atoms with Crippen molar-refractivity contribution in [3.8, 4) is 22.4 Å². The zero-order valence-electron chi connectivity index (χ0n) is 23.8. The molecule has 0 radical (unpaired) electrons. The van der Waals surface area contributed by atoms with Gasteiger partial charge in [-0.05, 0) is 41.2 Å². The van der Waals surface area contributed by atoms with Crippen LogP contribution in [-0.4, -0.2) is 71.8 Å². The minimum Gasteiger partial charge on any atom is -0.379 e. The van der Waals surface area contributed by atoms with Gasteiger partial charge < -0.3 is 9.30 Å². The van der Waals surface area contributed by atoms with E-state index in [0.29, 0.717) is 6.42 Å². The summed E-state index contributed by atoms with van der Waals surface area (Å²) in [5.74, 6) is 0.823. The number of benzene rings is 1. The fourth-order valence-electron chi connectivity index (χ4n) is 6.10. The second-order valence-corrected chi connectivity index (χ2v) is 11.2. The molecule has 1 aliphatic carbocycles. The zero-order chi connectivity index (χ0) is 27.8. The van der Waals surface area contributed by atoms with Crippen molar-refractivity contribution in [1.82, 2.24) is 39.0 Å². The highest BCUT2D eigenvalue weighted by molar-refractivity contribution is 5.73. The van der Waals surface area contributed by atoms with Gasteiger partial charge in [0.25, 0.3) is 0 Å². The molecule has 0 atom stereocenters. The van der Waals surface area contributed by atoms with Crippen LogP contribution >= 0.6 is 0 Å². The van der Waals surface area contributed by atoms with Gasteiger partial charge in [0.05, 0.1) is 43.8 Å². The molecule has 5 aromatic rings. The number of hydrogen-bond donors (Lipinski definition) is 0. The standard InChI is InChI=1S/C32H36N8O/c1-37-21-26-7-6-25-19-33-30(18-28-8-9-40(36-28)11-10-39-12-14-41-15-13-39)35-32(25)31(26)29(37)17-23-4-3-5-24(16-23)27-20-34-38(2)22-27/h3-5,8-9,16,19-22H,6-7,10-15,17-18H2,1-2H3. The quantitative estimate of drug-likeness (QED) is 0.294. The van der Waals surface area contributed by atoms with Crippen LogP contribution in [0.5, 0.6) is 0 Å². The highest BCUT2D eigenvalue weighted by Crippen LogP contribution is 2.37. The van der Waals surface area contributed by atoms with Gasteiger partial charge in [0, 0.05) is 81.8 Å². The summed E-state index contributed by atoms with van der Waals surface area (Å²) >= 11 is 0. The normalized spacial score (nSPS) is 15.2. The topological polar surface area (TPSA) is 78.8 Å². The maximum Gasteiger partial charge on any atom is 0.134 e. The molecule has 9 nitrogen and oxygen atoms in total. The fraction of sp³-hybridized carbons (Fsp3) is 0.375. The minimum atomic E-state index is 0.627. The summed E-state index contributed by atoms with van der Waals surface area (Å²) in [5, 5.41) is 9.18. The molecule has 0 N–H and O–H groups in total. The van der Waals surface area contributed by atoms with E-state index in [9.17, 15) is 0 Å². The van der Waals surface area contributed by atoms with Crippen molar-refractivity contribution in [2.75, 3.05) is 32.8 Å². The van der Waals surface area contributed by atoms with Gasteiger partial charge in [0.2, 0.25) is 0 Å². The summed E-state index contributed by atoms with van der Waals surface area (Å²) in [4.78, 5) is 12.3. The summed E-state index contributed by atoms with van der Waals surface area (Å²) in [6.45, 7) is 5.51. The van der Waals surface area contributed by atoms with Crippen molar-refractivity contribution in [3.05, 3.63) is 95.2 Å². The number of fused-ring (bicyclic) bond motifs is 3. The van der Waals surface area contributed by atoms with Crippen molar-refractivity contribution < 1.29 is 4.74 Å². The molecule has 0 amide bonds. The fourth-order valence-corrected chi connectivity index (χ4v) is 6.10. The van der Waals surface area contributed by atoms with E-state index in [2.05, 4.69) is 70.5 Å². The maximum atomic E-state index is 5.46. The molecule has 1 saturated heterocycles. The lowest BCUT2D eigenvalue weighted by Crippen LogP contribution is -2.38. The second-order valence-electron chi connectivity index (χ2n) is 11.2. The Hall–Kier alpha value is -4.08. The molecule has 1 fully saturated rings. The molecular weight excluding hydrogens is 512 g/mol. The molecule has 0 unspecified atom stereocenters. The van der Waals surface area contributed by atoms with Crippen LogP contribution in [0.15, 0.2) is 61.3 Å². The van der Waals surface area contributed by atoms with Gasteiger partial charge in [-0.15, -0.1) is 0 Å². The van der Waals surface area contributed by atoms with Gasteiger partial charge >= 0.3 is 0 Å². The highest BCUT2D eigenvalue weighted by atomic mass is 16.5. The van der Waals surface area contributed by atoms with Crippen LogP contribution in [-0.2, 0) is 51.1 Å². The first-order valence-electron chi connectivity index (χ1n) is 14.5. The molecule has 4 aromatic heterocycles. The van der Waals surface area contributed by atoms with Crippen molar-refractivity contribution >= 4 is 0 Å². The van der Waals surface area contributed by atoms with Crippen molar-refractivity contribution in [1.29, 1.82) is 0 Å². The van der Waals surface area contributed by atoms with Gasteiger partial charge in [-0.25, -0.2) is 9.97 Å². The van der Waals surface area contributed by atoms with Gasteiger partial charge in [0.15, 0.2) is 0 Å². The number of aromatic nitrogens is 7. The van der Waals surface area contributed by atoms with E-state index in [1.807, 2.05) is 28.8 Å². The summed E-state index contributed by atoms with van der Waals surface area (Å²) in [6, 6.07) is 10.9. The van der Waals surface area contributed by atoms with Crippen LogP contribution in [0.2, 0.25) is 0 Å². The second kappa shape index (κ2) is 11.1. The van der Waals surface area contributed by atoms with Crippen molar-refractivity contribution in [2.45, 2.75) is 32.2 Å². The largest absolute Gasteiger partial charge is 0.379 e. The number of morpholine rings is 1. The predicted octanol–water partition coefficient (Wildman–Crippen LogP) is 3.69. The lowest BCUT2D eigenvalue weighted by Gasteiger charge is -2.26. The first-order valence-corrected chi connectivity index (χ1v) is 14.5. The van der Waals surface area contributed by atoms with Gasteiger partial charge in [0.1, 0.15) is 5.82 Å². The lowest BCUT2D eigenvalue weighted by atomic mass is 9.90. The number of aryl methyl sites for hydroxylation is 4. The molecule has 9 heteroatoms. The molecule has 1 aliphatic heterocycles. The summed E-state index contributed by atoms with van der Waals surface area (Å²) in [5.41, 5.74) is 10.9. The molecule has 5 heterocycles. The maximum absolute atomic E-state index is 5.46. The summed E-state index contributed by atoms with van der Waals surface area (Å²) in [7, 11) is 4.11. The van der Waals surface area contributed by atoms with Crippen molar-refractivity contribution in [2.24, 2.45) is 14.1 Å². The third-order valence-electron chi connectivity index (χ3n) is 8.32. The number of ether oxygens (including phenoxy) is 1. The monoisotopic (exact) mass is 548 g/mol. The Morgan fingerprint density at radius 2 is 1.78 bits per heavy atom. The Bertz CT molecular complexity index is 1670. The lowest BCUT2D eigenvalue weighted by molar-refractivity contribution is 0.0359. The molecule has 210 valence electrons. The first kappa shape index (κ1) is 25.9. The molecule has 7 rings (SSSR count). The van der Waals surface area contributed by atoms with E-state index < -0.39 is 0 Å². The van der Waals surface area contributed by atoms with E-state index in [0.717, 1.165) is 81.4 Å². The molecule has 1 aromatic carbocycles. The van der Waals surface area contributed by atoms with E-state index in [4.69, 9.17) is 19.8 Å². The first-order chi connectivity index (χ1) is 20.1. The SMILES string of the molecule is Cn1cc(-c2cccc(Cc3c4c(cn3C)CCc3cnc(Cc5ccn(CCN6CCOCC6)n5)nc3-4)c2)cn1. The average Bonchev–Trinajstić information content (AvgIpc) is 3.71. The van der Waals surface area contributed by atoms with Crippen LogP contribution in [0.25, 0.3) is 22.4 Å². The van der Waals surface area contributed by atoms with Crippen LogP contribution < -0.4 is 0 Å². The van der Waals surface area contributed by atoms with Gasteiger partial charge in [-0.2, -0.15) is 10.2 Å². The third kappa shape index (κ3) is 5.47. The number of nitrogens with zero attached hydrogens (tertiary/aromatic N) is 8. The van der Waals surface area contributed by atoms with E-state index >= 15 is 0 Å². The number of rotatable bonds is 8. The van der Waals surface area contributed by atoms with Crippen LogP contribution in [0.3, 0.4) is 0 Å². The van der Waals surface area contributed by atoms with E-state index in [-0.39, 0.29) is 0 Å². The minimum absolute atomic E-state index is 0.627. The summed E-state index contributed by atoms with van der Waals surface area (Å²) in [6.07, 6.45) is 13.8. The Balaban J connectivity index is 1.12. The Labute approximate surface area is 240 Å². The van der Waals surface area contributed by atoms with E-state index in [1.165, 1.54) is 33.5 Å². The van der Waals surface area contributed by atoms with Crippen LogP contribution in [0.1, 0.15) is 33.9 Å². The average molecular weight is 549 g/mol. The molecular formula is C32H36N8O. The number of hydrogen-bond acceptors (Lipinski definition) is 6. The summed E-state index contributed by atoms with van der Waals surface area (Å²) < 4.78 is 11.6. The third-order valence-corrected chi connectivity index (χ3v) is 8.32. The Morgan fingerprint density at radius 1 is 0.902 bits per heavy atom. The molecule has 41 heavy (non-hydrogen) atoms. The molecule has 0 bridgehead atoms. The molecule has 2 aliphatic rings. The smallest absolute Gasteiger partial charge is 0.134 e. The molecule has 0 saturated carbocycles. The molecule has 0 spiro atoms. The predicted molar refractivity (Wildman–Crippen MR) is 158 cm³/mol.